The summed E-state index contributed by atoms with van der Waals surface area (Å²) in [6.45, 7) is 3.74. The SMILES string of the molecule is CC(=O)N1CCC(NCc2nc3c(-c4ccc(-c5cccnc5)nc4)cnn3c(N)c2Br)CC1. The number of fused-ring (bicyclic) bond motifs is 1. The van der Waals surface area contributed by atoms with E-state index in [0.717, 1.165) is 58.5 Å². The van der Waals surface area contributed by atoms with Crippen LogP contribution in [-0.2, 0) is 11.3 Å². The Morgan fingerprint density at radius 2 is 2.00 bits per heavy atom. The van der Waals surface area contributed by atoms with Crippen molar-refractivity contribution in [1.29, 1.82) is 0 Å². The lowest BCUT2D eigenvalue weighted by Gasteiger charge is -2.31. The topological polar surface area (TPSA) is 114 Å². The Morgan fingerprint density at radius 3 is 2.68 bits per heavy atom. The fraction of sp³-hybridized carbons (Fsp3) is 0.292. The van der Waals surface area contributed by atoms with E-state index in [1.54, 1.807) is 30.0 Å². The highest BCUT2D eigenvalue weighted by molar-refractivity contribution is 9.10. The van der Waals surface area contributed by atoms with Crippen LogP contribution in [0.15, 0.2) is 53.5 Å². The lowest BCUT2D eigenvalue weighted by molar-refractivity contribution is -0.129. The van der Waals surface area contributed by atoms with Gasteiger partial charge < -0.3 is 16.0 Å². The van der Waals surface area contributed by atoms with E-state index < -0.39 is 0 Å². The number of halogens is 1. The molecule has 0 radical (unpaired) electrons. The molecule has 5 heterocycles. The molecule has 34 heavy (non-hydrogen) atoms. The van der Waals surface area contributed by atoms with E-state index in [2.05, 4.69) is 36.3 Å². The highest BCUT2D eigenvalue weighted by atomic mass is 79.9. The zero-order chi connectivity index (χ0) is 23.7. The molecule has 1 aliphatic heterocycles. The summed E-state index contributed by atoms with van der Waals surface area (Å²) in [5.74, 6) is 0.636. The lowest BCUT2D eigenvalue weighted by atomic mass is 10.0. The quantitative estimate of drug-likeness (QED) is 0.414. The first kappa shape index (κ1) is 22.4. The number of carbonyl (C=O) groups is 1. The van der Waals surface area contributed by atoms with Crippen LogP contribution >= 0.6 is 15.9 Å². The highest BCUT2D eigenvalue weighted by Crippen LogP contribution is 2.30. The number of anilines is 1. The lowest BCUT2D eigenvalue weighted by Crippen LogP contribution is -2.44. The Hall–Kier alpha value is -3.37. The second-order valence-corrected chi connectivity index (χ2v) is 9.18. The number of aromatic nitrogens is 5. The molecule has 1 aliphatic rings. The van der Waals surface area contributed by atoms with Gasteiger partial charge in [0.25, 0.3) is 0 Å². The summed E-state index contributed by atoms with van der Waals surface area (Å²) in [4.78, 5) is 27.1. The number of amides is 1. The Balaban J connectivity index is 1.38. The third-order valence-corrected chi connectivity index (χ3v) is 7.09. The van der Waals surface area contributed by atoms with Gasteiger partial charge in [0.15, 0.2) is 5.65 Å². The molecule has 1 saturated heterocycles. The number of carbonyl (C=O) groups excluding carboxylic acids is 1. The van der Waals surface area contributed by atoms with Gasteiger partial charge in [-0.2, -0.15) is 9.61 Å². The predicted octanol–water partition coefficient (Wildman–Crippen LogP) is 3.30. The van der Waals surface area contributed by atoms with Crippen molar-refractivity contribution in [3.8, 4) is 22.4 Å². The van der Waals surface area contributed by atoms with Crippen LogP contribution in [0, 0.1) is 0 Å². The van der Waals surface area contributed by atoms with Gasteiger partial charge in [-0.05, 0) is 47.0 Å². The number of piperidine rings is 1. The number of pyridine rings is 2. The summed E-state index contributed by atoms with van der Waals surface area (Å²) in [6.07, 6.45) is 8.96. The smallest absolute Gasteiger partial charge is 0.219 e. The summed E-state index contributed by atoms with van der Waals surface area (Å²) < 4.78 is 2.37. The maximum Gasteiger partial charge on any atom is 0.219 e. The first-order valence-electron chi connectivity index (χ1n) is 11.2. The van der Waals surface area contributed by atoms with Crippen molar-refractivity contribution in [2.24, 2.45) is 0 Å². The molecule has 0 aliphatic carbocycles. The van der Waals surface area contributed by atoms with Crippen molar-refractivity contribution < 1.29 is 4.79 Å². The first-order valence-corrected chi connectivity index (χ1v) is 12.0. The van der Waals surface area contributed by atoms with Gasteiger partial charge >= 0.3 is 0 Å². The van der Waals surface area contributed by atoms with Crippen LogP contribution in [0.1, 0.15) is 25.5 Å². The van der Waals surface area contributed by atoms with Gasteiger partial charge in [-0.25, -0.2) is 4.98 Å². The Bertz CT molecular complexity index is 1310. The summed E-state index contributed by atoms with van der Waals surface area (Å²) in [5.41, 5.74) is 11.5. The fourth-order valence-electron chi connectivity index (χ4n) is 4.24. The van der Waals surface area contributed by atoms with Crippen molar-refractivity contribution >= 4 is 33.3 Å². The van der Waals surface area contributed by atoms with Crippen LogP contribution in [0.3, 0.4) is 0 Å². The maximum atomic E-state index is 11.6. The van der Waals surface area contributed by atoms with Crippen LogP contribution in [0.2, 0.25) is 0 Å². The summed E-state index contributed by atoms with van der Waals surface area (Å²) in [5, 5.41) is 8.03. The minimum absolute atomic E-state index is 0.136. The molecule has 0 saturated carbocycles. The molecule has 1 amide bonds. The van der Waals surface area contributed by atoms with Crippen molar-refractivity contribution in [3.05, 3.63) is 59.2 Å². The number of likely N-dealkylation sites (tertiary alicyclic amines) is 1. The second kappa shape index (κ2) is 9.47. The summed E-state index contributed by atoms with van der Waals surface area (Å²) in [7, 11) is 0. The van der Waals surface area contributed by atoms with E-state index in [1.165, 1.54) is 0 Å². The minimum Gasteiger partial charge on any atom is -0.383 e. The molecular formula is C24H25BrN8O. The average Bonchev–Trinajstić information content (AvgIpc) is 3.30. The minimum atomic E-state index is 0.136. The normalized spacial score (nSPS) is 14.6. The third-order valence-electron chi connectivity index (χ3n) is 6.22. The van der Waals surface area contributed by atoms with Crippen LogP contribution in [0.25, 0.3) is 28.0 Å². The molecule has 0 bridgehead atoms. The molecule has 0 atom stereocenters. The Kier molecular flexibility index (Phi) is 6.25. The standard InChI is InChI=1S/C24H25BrN8O/c1-15(34)32-9-6-18(7-10-32)28-14-21-22(25)23(26)33-24(31-21)19(13-30-33)16-4-5-20(29-12-16)17-3-2-8-27-11-17/h2-5,8,11-13,18,28H,6-7,9-10,14,26H2,1H3. The molecule has 4 aromatic heterocycles. The van der Waals surface area contributed by atoms with Gasteiger partial charge in [0.1, 0.15) is 5.82 Å². The maximum absolute atomic E-state index is 11.6. The molecule has 3 N–H and O–H groups in total. The molecule has 174 valence electrons. The number of hydrogen-bond acceptors (Lipinski definition) is 7. The Labute approximate surface area is 205 Å². The summed E-state index contributed by atoms with van der Waals surface area (Å²) >= 11 is 3.60. The molecule has 4 aromatic rings. The predicted molar refractivity (Wildman–Crippen MR) is 134 cm³/mol. The van der Waals surface area contributed by atoms with Gasteiger partial charge in [-0.15, -0.1) is 0 Å². The monoisotopic (exact) mass is 520 g/mol. The van der Waals surface area contributed by atoms with E-state index in [-0.39, 0.29) is 5.91 Å². The van der Waals surface area contributed by atoms with Gasteiger partial charge in [-0.3, -0.25) is 14.8 Å². The van der Waals surface area contributed by atoms with Crippen LogP contribution in [0.4, 0.5) is 5.82 Å². The number of nitrogens with one attached hydrogen (secondary N) is 1. The van der Waals surface area contributed by atoms with Gasteiger partial charge in [0, 0.05) is 67.9 Å². The first-order chi connectivity index (χ1) is 16.5. The zero-order valence-electron chi connectivity index (χ0n) is 18.8. The van der Waals surface area contributed by atoms with E-state index in [4.69, 9.17) is 10.7 Å². The molecule has 10 heteroatoms. The number of nitrogens with zero attached hydrogens (tertiary/aromatic N) is 6. The average molecular weight is 521 g/mol. The molecule has 9 nitrogen and oxygen atoms in total. The highest BCUT2D eigenvalue weighted by Gasteiger charge is 2.22. The molecule has 0 spiro atoms. The zero-order valence-corrected chi connectivity index (χ0v) is 20.4. The van der Waals surface area contributed by atoms with Crippen LogP contribution in [0.5, 0.6) is 0 Å². The van der Waals surface area contributed by atoms with Crippen LogP contribution < -0.4 is 11.1 Å². The molecule has 1 fully saturated rings. The van der Waals surface area contributed by atoms with Gasteiger partial charge in [0.2, 0.25) is 5.91 Å². The fourth-order valence-corrected chi connectivity index (χ4v) is 4.64. The van der Waals surface area contributed by atoms with Crippen LogP contribution in [-0.4, -0.2) is 54.5 Å². The van der Waals surface area contributed by atoms with E-state index in [1.807, 2.05) is 35.4 Å². The van der Waals surface area contributed by atoms with E-state index >= 15 is 0 Å². The van der Waals surface area contributed by atoms with Gasteiger partial charge in [0.05, 0.1) is 22.1 Å². The largest absolute Gasteiger partial charge is 0.383 e. The third kappa shape index (κ3) is 4.38. The number of nitrogen functional groups attached to an aromatic ring is 1. The number of hydrogen-bond donors (Lipinski definition) is 2. The molecule has 0 aromatic carbocycles. The Morgan fingerprint density at radius 1 is 1.18 bits per heavy atom. The van der Waals surface area contributed by atoms with Gasteiger partial charge in [-0.1, -0.05) is 6.07 Å². The molecule has 5 rings (SSSR count). The summed E-state index contributed by atoms with van der Waals surface area (Å²) in [6, 6.07) is 8.17. The molecular weight excluding hydrogens is 496 g/mol. The van der Waals surface area contributed by atoms with Crippen molar-refractivity contribution in [2.75, 3.05) is 18.8 Å². The van der Waals surface area contributed by atoms with Crippen molar-refractivity contribution in [3.63, 3.8) is 0 Å². The molecule has 0 unspecified atom stereocenters. The number of rotatable bonds is 5. The number of nitrogens with two attached hydrogens (primary N) is 1. The second-order valence-electron chi connectivity index (χ2n) is 8.39. The van der Waals surface area contributed by atoms with E-state index in [0.29, 0.717) is 24.1 Å². The van der Waals surface area contributed by atoms with E-state index in [9.17, 15) is 4.79 Å². The van der Waals surface area contributed by atoms with Crippen molar-refractivity contribution in [2.45, 2.75) is 32.4 Å². The van der Waals surface area contributed by atoms with Crippen molar-refractivity contribution in [1.82, 2.24) is 34.8 Å².